The van der Waals surface area contributed by atoms with Crippen LogP contribution in [-0.2, 0) is 40.5 Å². The summed E-state index contributed by atoms with van der Waals surface area (Å²) in [4.78, 5) is 54.2. The maximum atomic E-state index is 13.7. The molecule has 2 aliphatic heterocycles. The van der Waals surface area contributed by atoms with Crippen LogP contribution in [0.4, 0.5) is 0 Å². The molecule has 6 atom stereocenters. The summed E-state index contributed by atoms with van der Waals surface area (Å²) in [6.45, 7) is 0.470. The van der Waals surface area contributed by atoms with Crippen molar-refractivity contribution in [2.45, 2.75) is 67.5 Å². The highest BCUT2D eigenvalue weighted by molar-refractivity contribution is 5.83. The normalized spacial score (nSPS) is 25.0. The summed E-state index contributed by atoms with van der Waals surface area (Å²) in [7, 11) is 1.97. The van der Waals surface area contributed by atoms with E-state index in [2.05, 4.69) is 15.5 Å². The van der Waals surface area contributed by atoms with Crippen LogP contribution in [0.25, 0.3) is 0 Å². The first kappa shape index (κ1) is 35.2. The molecule has 0 radical (unpaired) electrons. The number of likely N-dealkylation sites (N-methyl/N-ethyl adjacent to an activating group) is 1. The van der Waals surface area contributed by atoms with Crippen molar-refractivity contribution in [2.75, 3.05) is 26.7 Å². The standard InChI is InChI=1S/C39H41N3O10/c1-42-21-18-38-31-25-12-13-26(43)34(31)51-35(38)27(50-29(44)15-19-40-36(48)32(46)23-8-4-2-5-9-23)14-17-39(38,28(42)22-25)52-30(45)16-20-41-37(49)33(47)24-10-6-3-7-11-24/h2-14,28,32-33,35,43,46-47H,15-22H2,1H3,(H,40,48)(H,41,49)/t28-,32+,33+,35+,38+,39-/m1/s1. The summed E-state index contributed by atoms with van der Waals surface area (Å²) in [5.41, 5.74) is 0.353. The van der Waals surface area contributed by atoms with Crippen molar-refractivity contribution in [1.82, 2.24) is 15.5 Å². The number of amides is 2. The number of hydrogen-bond acceptors (Lipinski definition) is 11. The summed E-state index contributed by atoms with van der Waals surface area (Å²) >= 11 is 0. The summed E-state index contributed by atoms with van der Waals surface area (Å²) in [5, 5.41) is 37.0. The first-order chi connectivity index (χ1) is 25.1. The zero-order valence-corrected chi connectivity index (χ0v) is 28.6. The van der Waals surface area contributed by atoms with Gasteiger partial charge in [0.1, 0.15) is 11.4 Å². The van der Waals surface area contributed by atoms with E-state index in [1.165, 1.54) is 0 Å². The van der Waals surface area contributed by atoms with E-state index in [1.54, 1.807) is 72.8 Å². The Morgan fingerprint density at radius 1 is 0.885 bits per heavy atom. The summed E-state index contributed by atoms with van der Waals surface area (Å²) in [6, 6.07) is 20.1. The third kappa shape index (κ3) is 5.98. The van der Waals surface area contributed by atoms with Gasteiger partial charge in [-0.3, -0.25) is 24.1 Å². The maximum absolute atomic E-state index is 13.7. The number of carbonyl (C=O) groups is 4. The van der Waals surface area contributed by atoms with Crippen molar-refractivity contribution in [3.05, 3.63) is 107 Å². The number of rotatable bonds is 12. The molecule has 5 N–H and O–H groups in total. The zero-order chi connectivity index (χ0) is 36.6. The average molecular weight is 712 g/mol. The number of piperidine rings is 1. The first-order valence-electron chi connectivity index (χ1n) is 17.4. The van der Waals surface area contributed by atoms with E-state index >= 15 is 0 Å². The predicted octanol–water partition coefficient (Wildman–Crippen LogP) is 2.24. The van der Waals surface area contributed by atoms with Crippen molar-refractivity contribution in [3.63, 3.8) is 0 Å². The van der Waals surface area contributed by atoms with Gasteiger partial charge < -0.3 is 40.2 Å². The minimum absolute atomic E-state index is 0.0642. The van der Waals surface area contributed by atoms with Gasteiger partial charge in [0, 0.05) is 25.1 Å². The van der Waals surface area contributed by atoms with E-state index in [4.69, 9.17) is 14.2 Å². The van der Waals surface area contributed by atoms with Gasteiger partial charge in [0.2, 0.25) is 0 Å². The minimum atomic E-state index is -1.39. The van der Waals surface area contributed by atoms with Gasteiger partial charge in [-0.15, -0.1) is 0 Å². The second-order valence-corrected chi connectivity index (χ2v) is 13.7. The molecule has 52 heavy (non-hydrogen) atoms. The fraction of sp³-hybridized carbons (Fsp3) is 0.385. The molecule has 13 nitrogen and oxygen atoms in total. The monoisotopic (exact) mass is 711 g/mol. The lowest BCUT2D eigenvalue weighted by molar-refractivity contribution is -0.206. The number of aliphatic hydroxyl groups is 2. The number of nitrogens with zero attached hydrogens (tertiary/aromatic N) is 1. The van der Waals surface area contributed by atoms with Crippen molar-refractivity contribution in [1.29, 1.82) is 0 Å². The molecule has 2 bridgehead atoms. The van der Waals surface area contributed by atoms with Crippen molar-refractivity contribution < 1.29 is 48.7 Å². The fourth-order valence-electron chi connectivity index (χ4n) is 8.39. The van der Waals surface area contributed by atoms with Crippen LogP contribution in [0.3, 0.4) is 0 Å². The van der Waals surface area contributed by atoms with E-state index in [1.807, 2.05) is 13.1 Å². The molecule has 13 heteroatoms. The number of ether oxygens (including phenoxy) is 3. The number of nitrogens with one attached hydrogen (secondary N) is 2. The Balaban J connectivity index is 1.09. The Labute approximate surface area is 300 Å². The number of carbonyl (C=O) groups excluding carboxylic acids is 4. The van der Waals surface area contributed by atoms with Crippen LogP contribution in [-0.4, -0.2) is 88.4 Å². The molecule has 1 saturated heterocycles. The van der Waals surface area contributed by atoms with Gasteiger partial charge >= 0.3 is 11.9 Å². The van der Waals surface area contributed by atoms with E-state index in [0.29, 0.717) is 30.5 Å². The van der Waals surface area contributed by atoms with Crippen LogP contribution < -0.4 is 15.4 Å². The molecule has 4 aliphatic rings. The molecule has 2 amide bonds. The number of aromatic hydroxyl groups is 1. The van der Waals surface area contributed by atoms with Crippen LogP contribution in [0.15, 0.2) is 84.6 Å². The number of aliphatic hydroxyl groups excluding tert-OH is 2. The van der Waals surface area contributed by atoms with Gasteiger partial charge in [0.05, 0.1) is 24.3 Å². The summed E-state index contributed by atoms with van der Waals surface area (Å²) < 4.78 is 18.9. The van der Waals surface area contributed by atoms with E-state index in [0.717, 1.165) is 11.1 Å². The lowest BCUT2D eigenvalue weighted by atomic mass is 9.50. The fourth-order valence-corrected chi connectivity index (χ4v) is 8.39. The Hall–Kier alpha value is -5.24. The molecule has 1 spiro atoms. The third-order valence-corrected chi connectivity index (χ3v) is 10.8. The molecule has 0 aromatic heterocycles. The number of benzene rings is 3. The second kappa shape index (κ2) is 14.1. The molecule has 0 unspecified atom stereocenters. The zero-order valence-electron chi connectivity index (χ0n) is 28.6. The topological polar surface area (TPSA) is 184 Å². The summed E-state index contributed by atoms with van der Waals surface area (Å²) in [6.07, 6.45) is -1.18. The Morgan fingerprint density at radius 2 is 1.48 bits per heavy atom. The largest absolute Gasteiger partial charge is 0.504 e. The number of phenols is 1. The number of phenolic OH excluding ortho intramolecular Hbond substituents is 1. The molecule has 2 aliphatic carbocycles. The molecule has 272 valence electrons. The van der Waals surface area contributed by atoms with Gasteiger partial charge in [0.25, 0.3) is 11.8 Å². The Bertz CT molecular complexity index is 1900. The van der Waals surface area contributed by atoms with E-state index in [9.17, 15) is 34.5 Å². The van der Waals surface area contributed by atoms with Crippen molar-refractivity contribution in [3.8, 4) is 11.5 Å². The smallest absolute Gasteiger partial charge is 0.312 e. The molecular formula is C39H41N3O10. The number of esters is 2. The molecule has 0 saturated carbocycles. The quantitative estimate of drug-likeness (QED) is 0.174. The number of likely N-dealkylation sites (tertiary alicyclic amines) is 1. The minimum Gasteiger partial charge on any atom is -0.504 e. The number of hydrogen-bond donors (Lipinski definition) is 5. The molecule has 3 aromatic rings. The Morgan fingerprint density at radius 3 is 2.10 bits per heavy atom. The van der Waals surface area contributed by atoms with Crippen LogP contribution in [0.2, 0.25) is 0 Å². The van der Waals surface area contributed by atoms with Crippen LogP contribution in [0, 0.1) is 0 Å². The Kier molecular flexibility index (Phi) is 9.51. The van der Waals surface area contributed by atoms with Crippen molar-refractivity contribution in [2.24, 2.45) is 0 Å². The van der Waals surface area contributed by atoms with Crippen molar-refractivity contribution >= 4 is 23.8 Å². The second-order valence-electron chi connectivity index (χ2n) is 13.7. The van der Waals surface area contributed by atoms with Gasteiger partial charge in [-0.05, 0) is 55.3 Å². The lowest BCUT2D eigenvalue weighted by Gasteiger charge is -2.62. The molecule has 7 rings (SSSR count). The van der Waals surface area contributed by atoms with Gasteiger partial charge in [-0.25, -0.2) is 0 Å². The molecule has 2 heterocycles. The molecule has 3 aromatic carbocycles. The van der Waals surface area contributed by atoms with Crippen LogP contribution >= 0.6 is 0 Å². The van der Waals surface area contributed by atoms with Gasteiger partial charge in [0.15, 0.2) is 29.8 Å². The van der Waals surface area contributed by atoms with Gasteiger partial charge in [-0.2, -0.15) is 0 Å². The SMILES string of the molecule is CN1CC[C@]23c4c5ccc(O)c4O[C@H]2C(OC(=O)CCNC(=O)[C@@H](O)c2ccccc2)=CC[C@@]3(OC(=O)CCNC(=O)[C@@H](O)c2ccccc2)[C@H]1C5. The van der Waals surface area contributed by atoms with E-state index < -0.39 is 53.1 Å². The van der Waals surface area contributed by atoms with Gasteiger partial charge in [-0.1, -0.05) is 66.7 Å². The predicted molar refractivity (Wildman–Crippen MR) is 185 cm³/mol. The van der Waals surface area contributed by atoms with E-state index in [-0.39, 0.29) is 55.7 Å². The maximum Gasteiger partial charge on any atom is 0.312 e. The van der Waals surface area contributed by atoms with Crippen LogP contribution in [0.5, 0.6) is 11.5 Å². The molecular weight excluding hydrogens is 670 g/mol. The average Bonchev–Trinajstić information content (AvgIpc) is 3.51. The first-order valence-corrected chi connectivity index (χ1v) is 17.4. The molecule has 1 fully saturated rings. The highest BCUT2D eigenvalue weighted by atomic mass is 16.6. The van der Waals surface area contributed by atoms with Crippen LogP contribution in [0.1, 0.15) is 60.1 Å². The highest BCUT2D eigenvalue weighted by Crippen LogP contribution is 2.66. The third-order valence-electron chi connectivity index (χ3n) is 10.8. The highest BCUT2D eigenvalue weighted by Gasteiger charge is 2.74. The lowest BCUT2D eigenvalue weighted by Crippen LogP contribution is -2.75. The summed E-state index contributed by atoms with van der Waals surface area (Å²) in [5.74, 6) is -2.08.